The van der Waals surface area contributed by atoms with Gasteiger partial charge in [-0.25, -0.2) is 4.99 Å². The minimum atomic E-state index is -0.986. The van der Waals surface area contributed by atoms with E-state index in [0.717, 1.165) is 22.9 Å². The second-order valence-electron chi connectivity index (χ2n) is 4.70. The molecule has 1 heterocycles. The first-order valence-electron chi connectivity index (χ1n) is 6.53. The first kappa shape index (κ1) is 15.2. The van der Waals surface area contributed by atoms with Crippen LogP contribution < -0.4 is 16.8 Å². The number of hydrogen-bond donors (Lipinski definition) is 3. The largest absolute Gasteiger partial charge is 0.396 e. The molecule has 0 radical (unpaired) electrons. The Bertz CT molecular complexity index is 529. The molecule has 20 heavy (non-hydrogen) atoms. The van der Waals surface area contributed by atoms with Gasteiger partial charge in [-0.2, -0.15) is 0 Å². The number of nitrogens with zero attached hydrogens (tertiary/aromatic N) is 1. The van der Waals surface area contributed by atoms with Crippen molar-refractivity contribution < 1.29 is 0 Å². The molecule has 0 spiro atoms. The third-order valence-corrected chi connectivity index (χ3v) is 4.36. The van der Waals surface area contributed by atoms with Crippen LogP contribution in [0.1, 0.15) is 18.9 Å². The number of benzene rings is 1. The molecule has 1 aromatic rings. The standard InChI is InChI=1S/C14H19ClN4S/c1-2-8-20-13-18-12(15)11(16)14(17,19-13)9-10-6-4-3-5-7-10/h3-7H,2,8-9,16-17H2,1H3,(H,18,19). The summed E-state index contributed by atoms with van der Waals surface area (Å²) in [5.74, 6) is 0.956. The van der Waals surface area contributed by atoms with Crippen LogP contribution in [0.5, 0.6) is 0 Å². The molecule has 2 rings (SSSR count). The number of aliphatic imine (C=N–C) groups is 1. The van der Waals surface area contributed by atoms with Gasteiger partial charge in [-0.3, -0.25) is 0 Å². The highest BCUT2D eigenvalue weighted by Gasteiger charge is 2.34. The van der Waals surface area contributed by atoms with Crippen LogP contribution in [0, 0.1) is 0 Å². The fourth-order valence-corrected chi connectivity index (χ4v) is 3.04. The number of halogens is 1. The van der Waals surface area contributed by atoms with Crippen LogP contribution in [0.25, 0.3) is 0 Å². The van der Waals surface area contributed by atoms with Crippen LogP contribution >= 0.6 is 23.4 Å². The van der Waals surface area contributed by atoms with Crippen molar-refractivity contribution in [1.82, 2.24) is 5.32 Å². The van der Waals surface area contributed by atoms with Gasteiger partial charge >= 0.3 is 0 Å². The lowest BCUT2D eigenvalue weighted by Gasteiger charge is -2.31. The van der Waals surface area contributed by atoms with E-state index in [0.29, 0.717) is 17.3 Å². The predicted molar refractivity (Wildman–Crippen MR) is 87.5 cm³/mol. The van der Waals surface area contributed by atoms with Crippen molar-refractivity contribution >= 4 is 28.5 Å². The Morgan fingerprint density at radius 1 is 1.35 bits per heavy atom. The van der Waals surface area contributed by atoms with Crippen molar-refractivity contribution in [2.24, 2.45) is 16.5 Å². The quantitative estimate of drug-likeness (QED) is 0.746. The Balaban J connectivity index is 2.24. The molecule has 0 fully saturated rings. The van der Waals surface area contributed by atoms with Crippen molar-refractivity contribution in [2.45, 2.75) is 25.4 Å². The molecule has 0 aromatic heterocycles. The molecule has 1 aromatic carbocycles. The van der Waals surface area contributed by atoms with E-state index in [4.69, 9.17) is 23.1 Å². The van der Waals surface area contributed by atoms with E-state index in [1.54, 1.807) is 11.8 Å². The molecule has 0 amide bonds. The molecular weight excluding hydrogens is 292 g/mol. The number of nitrogens with two attached hydrogens (primary N) is 2. The lowest BCUT2D eigenvalue weighted by Crippen LogP contribution is -2.51. The van der Waals surface area contributed by atoms with Crippen molar-refractivity contribution in [3.05, 3.63) is 46.7 Å². The SMILES string of the molecule is CCCSC1=NC(N)(Cc2ccccc2)C(N)=C(Cl)N1. The monoisotopic (exact) mass is 310 g/mol. The molecule has 6 heteroatoms. The summed E-state index contributed by atoms with van der Waals surface area (Å²) in [6.45, 7) is 2.11. The maximum atomic E-state index is 6.38. The number of nitrogens with one attached hydrogen (secondary N) is 1. The summed E-state index contributed by atoms with van der Waals surface area (Å²) in [5, 5.41) is 4.09. The summed E-state index contributed by atoms with van der Waals surface area (Å²) < 4.78 is 0. The van der Waals surface area contributed by atoms with Crippen LogP contribution in [0.15, 0.2) is 46.2 Å². The fraction of sp³-hybridized carbons (Fsp3) is 0.357. The first-order chi connectivity index (χ1) is 9.55. The molecule has 1 aliphatic heterocycles. The van der Waals surface area contributed by atoms with Gasteiger partial charge in [0.25, 0.3) is 0 Å². The van der Waals surface area contributed by atoms with E-state index in [1.807, 2.05) is 30.3 Å². The van der Waals surface area contributed by atoms with Crippen molar-refractivity contribution in [3.63, 3.8) is 0 Å². The highest BCUT2D eigenvalue weighted by molar-refractivity contribution is 8.13. The molecule has 0 aliphatic carbocycles. The summed E-state index contributed by atoms with van der Waals surface area (Å²) in [6.07, 6.45) is 1.58. The first-order valence-corrected chi connectivity index (χ1v) is 7.89. The van der Waals surface area contributed by atoms with E-state index in [-0.39, 0.29) is 0 Å². The Morgan fingerprint density at radius 3 is 2.70 bits per heavy atom. The third kappa shape index (κ3) is 3.48. The minimum absolute atomic E-state index is 0.372. The summed E-state index contributed by atoms with van der Waals surface area (Å²) in [6, 6.07) is 9.92. The lowest BCUT2D eigenvalue weighted by molar-refractivity contribution is 0.503. The van der Waals surface area contributed by atoms with Gasteiger partial charge in [0.1, 0.15) is 5.16 Å². The molecular formula is C14H19ClN4S. The van der Waals surface area contributed by atoms with Crippen LogP contribution in [-0.2, 0) is 6.42 Å². The average molecular weight is 311 g/mol. The van der Waals surface area contributed by atoms with Gasteiger partial charge in [-0.05, 0) is 12.0 Å². The molecule has 4 nitrogen and oxygen atoms in total. The van der Waals surface area contributed by atoms with Crippen LogP contribution in [0.4, 0.5) is 0 Å². The Labute approximate surface area is 128 Å². The number of thioether (sulfide) groups is 1. The van der Waals surface area contributed by atoms with E-state index in [2.05, 4.69) is 17.2 Å². The molecule has 108 valence electrons. The Hall–Kier alpha value is -1.17. The number of amidine groups is 1. The fourth-order valence-electron chi connectivity index (χ4n) is 1.93. The Morgan fingerprint density at radius 2 is 2.05 bits per heavy atom. The molecule has 1 atom stereocenters. The molecule has 0 bridgehead atoms. The van der Waals surface area contributed by atoms with Gasteiger partial charge in [-0.1, -0.05) is 60.6 Å². The highest BCUT2D eigenvalue weighted by Crippen LogP contribution is 2.27. The topological polar surface area (TPSA) is 76.4 Å². The minimum Gasteiger partial charge on any atom is -0.396 e. The molecule has 1 unspecified atom stereocenters. The van der Waals surface area contributed by atoms with Gasteiger partial charge in [0.2, 0.25) is 0 Å². The average Bonchev–Trinajstić information content (AvgIpc) is 2.43. The van der Waals surface area contributed by atoms with E-state index in [1.165, 1.54) is 0 Å². The van der Waals surface area contributed by atoms with Crippen LogP contribution in [0.2, 0.25) is 0 Å². The van der Waals surface area contributed by atoms with Crippen molar-refractivity contribution in [2.75, 3.05) is 5.75 Å². The van der Waals surface area contributed by atoms with Crippen LogP contribution in [-0.4, -0.2) is 16.6 Å². The third-order valence-electron chi connectivity index (χ3n) is 2.98. The maximum Gasteiger partial charge on any atom is 0.164 e. The summed E-state index contributed by atoms with van der Waals surface area (Å²) >= 11 is 7.76. The lowest BCUT2D eigenvalue weighted by atomic mass is 9.97. The highest BCUT2D eigenvalue weighted by atomic mass is 35.5. The molecule has 0 saturated carbocycles. The van der Waals surface area contributed by atoms with Gasteiger partial charge in [-0.15, -0.1) is 0 Å². The summed E-state index contributed by atoms with van der Waals surface area (Å²) in [5.41, 5.74) is 12.9. The zero-order valence-corrected chi connectivity index (χ0v) is 13.0. The second kappa shape index (κ2) is 6.52. The Kier molecular flexibility index (Phi) is 4.96. The van der Waals surface area contributed by atoms with E-state index >= 15 is 0 Å². The second-order valence-corrected chi connectivity index (χ2v) is 6.17. The van der Waals surface area contributed by atoms with Crippen molar-refractivity contribution in [1.29, 1.82) is 0 Å². The maximum absolute atomic E-state index is 6.38. The zero-order chi connectivity index (χ0) is 14.6. The molecule has 1 aliphatic rings. The predicted octanol–water partition coefficient (Wildman–Crippen LogP) is 2.35. The van der Waals surface area contributed by atoms with Gasteiger partial charge in [0.15, 0.2) is 10.8 Å². The van der Waals surface area contributed by atoms with E-state index in [9.17, 15) is 0 Å². The summed E-state index contributed by atoms with van der Waals surface area (Å²) in [7, 11) is 0. The number of hydrogen-bond acceptors (Lipinski definition) is 5. The van der Waals surface area contributed by atoms with E-state index < -0.39 is 5.66 Å². The molecule has 0 saturated heterocycles. The van der Waals surface area contributed by atoms with Crippen LogP contribution in [0.3, 0.4) is 0 Å². The zero-order valence-electron chi connectivity index (χ0n) is 11.4. The molecule has 5 N–H and O–H groups in total. The van der Waals surface area contributed by atoms with Gasteiger partial charge in [0, 0.05) is 12.2 Å². The normalized spacial score (nSPS) is 22.4. The van der Waals surface area contributed by atoms with Gasteiger partial charge < -0.3 is 16.8 Å². The van der Waals surface area contributed by atoms with Crippen molar-refractivity contribution in [3.8, 4) is 0 Å². The van der Waals surface area contributed by atoms with Gasteiger partial charge in [0.05, 0.1) is 5.70 Å². The smallest absolute Gasteiger partial charge is 0.164 e. The number of rotatable bonds is 4. The summed E-state index contributed by atoms with van der Waals surface area (Å²) in [4.78, 5) is 4.56.